The van der Waals surface area contributed by atoms with Gasteiger partial charge in [-0.25, -0.2) is 0 Å². The minimum atomic E-state index is 0. The molecule has 0 saturated carbocycles. The summed E-state index contributed by atoms with van der Waals surface area (Å²) in [6, 6.07) is 0. The quantitative estimate of drug-likeness (QED) is 0.333. The summed E-state index contributed by atoms with van der Waals surface area (Å²) in [6.45, 7) is 0. The fourth-order valence-electron chi connectivity index (χ4n) is 0. The van der Waals surface area contributed by atoms with E-state index in [1.807, 2.05) is 0 Å². The van der Waals surface area contributed by atoms with Crippen LogP contribution in [0.4, 0.5) is 0 Å². The van der Waals surface area contributed by atoms with E-state index in [4.69, 9.17) is 0 Å². The molecule has 0 aromatic rings. The summed E-state index contributed by atoms with van der Waals surface area (Å²) in [5.41, 5.74) is 0. The minimum absolute atomic E-state index is 0. The zero-order valence-electron chi connectivity index (χ0n) is 2.93. The Kier molecular flexibility index (Phi) is 562. The maximum absolute atomic E-state index is 0. The Labute approximate surface area is 94.5 Å². The minimum Gasteiger partial charge on any atom is -1.00 e. The molecule has 0 aromatic carbocycles. The van der Waals surface area contributed by atoms with Gasteiger partial charge in [0.2, 0.25) is 0 Å². The second kappa shape index (κ2) is 47.5. The van der Waals surface area contributed by atoms with Crippen LogP contribution in [0.25, 0.3) is 0 Å². The summed E-state index contributed by atoms with van der Waals surface area (Å²) >= 11 is 0. The first-order valence-corrected chi connectivity index (χ1v) is 0. The molecule has 0 radical (unpaired) electrons. The number of hydrogen-bond acceptors (Lipinski definition) is 0. The van der Waals surface area contributed by atoms with Gasteiger partial charge < -0.3 is 49.6 Å². The van der Waals surface area contributed by atoms with Crippen molar-refractivity contribution in [3.8, 4) is 0 Å². The fourth-order valence-corrected chi connectivity index (χ4v) is 0. The first kappa shape index (κ1) is 71.0. The Hall–Kier alpha value is 2.69. The van der Waals surface area contributed by atoms with Crippen LogP contribution in [0.5, 0.6) is 0 Å². The van der Waals surface area contributed by atoms with Gasteiger partial charge in [-0.15, -0.1) is 0 Å². The van der Waals surface area contributed by atoms with E-state index >= 15 is 0 Å². The van der Waals surface area contributed by atoms with E-state index in [0.29, 0.717) is 0 Å². The third-order valence-corrected chi connectivity index (χ3v) is 0. The molecule has 0 aliphatic carbocycles. The molecule has 0 aromatic heterocycles. The van der Waals surface area contributed by atoms with Gasteiger partial charge in [0.05, 0.1) is 0 Å². The third kappa shape index (κ3) is 29.9. The molecular weight excluding hydrogens is 190 g/mol. The van der Waals surface area contributed by atoms with Crippen molar-refractivity contribution in [1.29, 1.82) is 0 Å². The molecule has 0 rings (SSSR count). The van der Waals surface area contributed by atoms with E-state index in [9.17, 15) is 0 Å². The van der Waals surface area contributed by atoms with Crippen molar-refractivity contribution in [2.75, 3.05) is 0 Å². The molecule has 0 atom stereocenters. The smallest absolute Gasteiger partial charge is 1.00 e. The number of halogens is 4. The summed E-state index contributed by atoms with van der Waals surface area (Å²) in [5.74, 6) is 0. The van der Waals surface area contributed by atoms with E-state index in [-0.39, 0.29) is 95.7 Å². The molecule has 0 aliphatic rings. The van der Waals surface area contributed by atoms with Gasteiger partial charge in [0.25, 0.3) is 0 Å². The van der Waals surface area contributed by atoms with Crippen LogP contribution >= 0.6 is 0 Å². The Morgan fingerprint density at radius 3 is 0.333 bits per heavy atom. The van der Waals surface area contributed by atoms with Gasteiger partial charge in [0, 0.05) is 0 Å². The number of rotatable bonds is 0. The molecule has 6 heavy (non-hydrogen) atoms. The molecule has 0 heterocycles. The molecule has 6 heteroatoms. The molecule has 0 nitrogen and oxygen atoms in total. The summed E-state index contributed by atoms with van der Waals surface area (Å²) in [6.07, 6.45) is 0. The normalized spacial score (nSPS) is 0. The molecule has 0 spiro atoms. The standard InChI is InChI=1S/4ClH.2Mg/h4*1H;;/q;;;;2*+2/p-4. The Balaban J connectivity index is 0. The fraction of sp³-hybridized carbons (Fsp3) is 0. The van der Waals surface area contributed by atoms with Crippen molar-refractivity contribution in [2.24, 2.45) is 0 Å². The van der Waals surface area contributed by atoms with E-state index in [1.165, 1.54) is 0 Å². The predicted molar refractivity (Wildman–Crippen MR) is 11.5 cm³/mol. The van der Waals surface area contributed by atoms with Gasteiger partial charge in [-0.1, -0.05) is 0 Å². The van der Waals surface area contributed by atoms with Gasteiger partial charge in [0.15, 0.2) is 0 Å². The van der Waals surface area contributed by atoms with Crippen LogP contribution in [0.15, 0.2) is 0 Å². The van der Waals surface area contributed by atoms with Crippen LogP contribution in [0.2, 0.25) is 0 Å². The summed E-state index contributed by atoms with van der Waals surface area (Å²) in [4.78, 5) is 0. The summed E-state index contributed by atoms with van der Waals surface area (Å²) in [7, 11) is 0. The van der Waals surface area contributed by atoms with E-state index in [0.717, 1.165) is 0 Å². The van der Waals surface area contributed by atoms with Crippen molar-refractivity contribution >= 4 is 46.1 Å². The van der Waals surface area contributed by atoms with Crippen LogP contribution in [0, 0.1) is 0 Å². The van der Waals surface area contributed by atoms with Gasteiger partial charge in [-0.2, -0.15) is 0 Å². The first-order chi connectivity index (χ1) is 0. The van der Waals surface area contributed by atoms with Gasteiger partial charge in [-0.3, -0.25) is 0 Å². The van der Waals surface area contributed by atoms with E-state index < -0.39 is 0 Å². The van der Waals surface area contributed by atoms with E-state index in [1.54, 1.807) is 0 Å². The van der Waals surface area contributed by atoms with Crippen LogP contribution in [0.1, 0.15) is 0 Å². The Bertz CT molecular complexity index is 5.51. The van der Waals surface area contributed by atoms with Crippen LogP contribution in [-0.4, -0.2) is 46.1 Å². The largest absolute Gasteiger partial charge is 2.00 e. The molecule has 0 N–H and O–H groups in total. The van der Waals surface area contributed by atoms with Crippen molar-refractivity contribution in [3.63, 3.8) is 0 Å². The first-order valence-electron chi connectivity index (χ1n) is 0. The topological polar surface area (TPSA) is 0 Å². The SMILES string of the molecule is [Cl-].[Cl-].[Cl-].[Cl-].[Mg+2].[Mg+2]. The maximum Gasteiger partial charge on any atom is 2.00 e. The van der Waals surface area contributed by atoms with Crippen molar-refractivity contribution < 1.29 is 49.6 Å². The zero-order valence-corrected chi connectivity index (χ0v) is 8.78. The summed E-state index contributed by atoms with van der Waals surface area (Å²) in [5, 5.41) is 0. The average Bonchev–Trinajstić information content (AvgIpc) is 0. The van der Waals surface area contributed by atoms with E-state index in [2.05, 4.69) is 0 Å². The molecular formula is Cl4Mg2. The van der Waals surface area contributed by atoms with Crippen molar-refractivity contribution in [2.45, 2.75) is 0 Å². The molecule has 0 unspecified atom stereocenters. The van der Waals surface area contributed by atoms with Gasteiger partial charge >= 0.3 is 46.1 Å². The van der Waals surface area contributed by atoms with Gasteiger partial charge in [0.1, 0.15) is 0 Å². The number of hydrogen-bond donors (Lipinski definition) is 0. The predicted octanol–water partition coefficient (Wildman–Crippen LogP) is -12.7. The van der Waals surface area contributed by atoms with Crippen molar-refractivity contribution in [3.05, 3.63) is 0 Å². The Morgan fingerprint density at radius 1 is 0.333 bits per heavy atom. The molecule has 0 bridgehead atoms. The molecule has 0 amide bonds. The monoisotopic (exact) mass is 188 g/mol. The maximum atomic E-state index is 0. The molecule has 0 fully saturated rings. The average molecular weight is 190 g/mol. The van der Waals surface area contributed by atoms with Crippen LogP contribution in [-0.2, 0) is 0 Å². The second-order valence-electron chi connectivity index (χ2n) is 0. The molecule has 32 valence electrons. The third-order valence-electron chi connectivity index (χ3n) is 0. The second-order valence-corrected chi connectivity index (χ2v) is 0. The van der Waals surface area contributed by atoms with Gasteiger partial charge in [-0.05, 0) is 0 Å². The van der Waals surface area contributed by atoms with Crippen molar-refractivity contribution in [1.82, 2.24) is 0 Å². The van der Waals surface area contributed by atoms with Crippen LogP contribution in [0.3, 0.4) is 0 Å². The molecule has 0 saturated heterocycles. The zero-order chi connectivity index (χ0) is 0. The van der Waals surface area contributed by atoms with Crippen LogP contribution < -0.4 is 49.6 Å². The summed E-state index contributed by atoms with van der Waals surface area (Å²) < 4.78 is 0. The molecule has 0 aliphatic heterocycles. The Morgan fingerprint density at radius 2 is 0.333 bits per heavy atom.